The molecule has 0 bridgehead atoms. The van der Waals surface area contributed by atoms with Gasteiger partial charge in [-0.25, -0.2) is 18.4 Å². The maximum Gasteiger partial charge on any atom is 0.412 e. The Morgan fingerprint density at radius 3 is 2.35 bits per heavy atom. The van der Waals surface area contributed by atoms with E-state index in [0.717, 1.165) is 16.6 Å². The summed E-state index contributed by atoms with van der Waals surface area (Å²) in [5, 5.41) is 12.6. The van der Waals surface area contributed by atoms with Gasteiger partial charge in [0.25, 0.3) is 11.8 Å². The van der Waals surface area contributed by atoms with Crippen molar-refractivity contribution in [1.82, 2.24) is 14.9 Å². The van der Waals surface area contributed by atoms with Crippen molar-refractivity contribution >= 4 is 52.3 Å². The van der Waals surface area contributed by atoms with Crippen LogP contribution in [0.1, 0.15) is 69.1 Å². The number of rotatable bonds is 11. The Morgan fingerprint density at radius 1 is 0.981 bits per heavy atom. The number of ether oxygens (including phenoxy) is 2. The second-order valence-corrected chi connectivity index (χ2v) is 14.1. The van der Waals surface area contributed by atoms with Crippen molar-refractivity contribution < 1.29 is 37.4 Å². The molecule has 2 atom stereocenters. The van der Waals surface area contributed by atoms with E-state index in [1.165, 1.54) is 24.3 Å². The standard InChI is InChI=1S/C36H38F2N6O7S/c1-21-19-36(37,38)32(50-21)44-16-15-28(43-33(44)48)42-30(46)14-13-29(45)39-20-22-7-9-23(10-8-22)31(47)40-26-18-24(27-6-5-17-52-27)11-12-25(26)41-34(49)51-35(2,3)4/h5-12,15-18,21,32H,13-14,19-20H2,1-4H3,(H,39,45)(H,40,47)(H,41,49)(H,42,43,46,48). The number of thiophene rings is 1. The Bertz CT molecular complexity index is 2000. The number of benzene rings is 2. The van der Waals surface area contributed by atoms with Crippen LogP contribution in [-0.4, -0.2) is 51.0 Å². The van der Waals surface area contributed by atoms with Gasteiger partial charge in [0.05, 0.1) is 17.5 Å². The third-order valence-corrected chi connectivity index (χ3v) is 8.55. The monoisotopic (exact) mass is 736 g/mol. The first-order valence-electron chi connectivity index (χ1n) is 16.3. The van der Waals surface area contributed by atoms with Crippen LogP contribution < -0.4 is 27.0 Å². The molecule has 1 saturated heterocycles. The molecule has 3 heterocycles. The van der Waals surface area contributed by atoms with Crippen molar-refractivity contribution in [3.63, 3.8) is 0 Å². The molecule has 2 aromatic carbocycles. The number of halogens is 2. The predicted octanol–water partition coefficient (Wildman–Crippen LogP) is 6.55. The van der Waals surface area contributed by atoms with E-state index in [9.17, 15) is 32.8 Å². The zero-order valence-electron chi connectivity index (χ0n) is 28.8. The van der Waals surface area contributed by atoms with Gasteiger partial charge in [0, 0.05) is 42.4 Å². The average Bonchev–Trinajstić information content (AvgIpc) is 3.70. The van der Waals surface area contributed by atoms with Crippen molar-refractivity contribution in [1.29, 1.82) is 0 Å². The quantitative estimate of drug-likeness (QED) is 0.134. The molecule has 2 unspecified atom stereocenters. The number of carbonyl (C=O) groups excluding carboxylic acids is 4. The number of anilines is 3. The van der Waals surface area contributed by atoms with Crippen LogP contribution in [0.25, 0.3) is 10.4 Å². The Hall–Kier alpha value is -5.48. The van der Waals surface area contributed by atoms with Crippen molar-refractivity contribution in [2.45, 2.75) is 77.4 Å². The minimum Gasteiger partial charge on any atom is -0.444 e. The average molecular weight is 737 g/mol. The lowest BCUT2D eigenvalue weighted by molar-refractivity contribution is -0.124. The van der Waals surface area contributed by atoms with E-state index in [4.69, 9.17) is 9.47 Å². The van der Waals surface area contributed by atoms with Gasteiger partial charge >= 0.3 is 11.8 Å². The third kappa shape index (κ3) is 10.1. The molecule has 1 aliphatic rings. The van der Waals surface area contributed by atoms with Crippen molar-refractivity contribution in [2.75, 3.05) is 16.0 Å². The number of hydrogen-bond donors (Lipinski definition) is 4. The summed E-state index contributed by atoms with van der Waals surface area (Å²) in [5.74, 6) is -4.84. The van der Waals surface area contributed by atoms with Crippen molar-refractivity contribution in [3.8, 4) is 10.4 Å². The van der Waals surface area contributed by atoms with Gasteiger partial charge in [-0.15, -0.1) is 11.3 Å². The molecule has 2 aromatic heterocycles. The van der Waals surface area contributed by atoms with E-state index in [1.54, 1.807) is 57.2 Å². The van der Waals surface area contributed by atoms with Gasteiger partial charge in [0.1, 0.15) is 11.4 Å². The highest BCUT2D eigenvalue weighted by atomic mass is 32.1. The Kier molecular flexibility index (Phi) is 11.5. The second kappa shape index (κ2) is 15.8. The summed E-state index contributed by atoms with van der Waals surface area (Å²) in [6, 6.07) is 16.9. The van der Waals surface area contributed by atoms with Crippen LogP contribution in [0.2, 0.25) is 0 Å². The van der Waals surface area contributed by atoms with Crippen LogP contribution in [0, 0.1) is 0 Å². The molecular formula is C36H38F2N6O7S. The number of hydrogen-bond acceptors (Lipinski definition) is 9. The van der Waals surface area contributed by atoms with Crippen LogP contribution in [0.5, 0.6) is 0 Å². The Morgan fingerprint density at radius 2 is 1.71 bits per heavy atom. The fraction of sp³-hybridized carbons (Fsp3) is 0.333. The van der Waals surface area contributed by atoms with Gasteiger partial charge in [-0.3, -0.25) is 24.3 Å². The van der Waals surface area contributed by atoms with Gasteiger partial charge in [0.2, 0.25) is 18.0 Å². The number of alkyl halides is 2. The lowest BCUT2D eigenvalue weighted by Crippen LogP contribution is -2.35. The zero-order valence-corrected chi connectivity index (χ0v) is 29.6. The van der Waals surface area contributed by atoms with Crippen LogP contribution in [0.4, 0.5) is 30.8 Å². The molecule has 16 heteroatoms. The van der Waals surface area contributed by atoms with Gasteiger partial charge < -0.3 is 25.4 Å². The molecule has 274 valence electrons. The number of nitrogens with one attached hydrogen (secondary N) is 4. The SMILES string of the molecule is CC1CC(F)(F)C(n2ccc(NC(=O)CCC(=O)NCc3ccc(C(=O)Nc4cc(-c5cccs5)ccc4NC(=O)OC(C)(C)C)cc3)nc2=O)O1. The molecule has 0 radical (unpaired) electrons. The van der Waals surface area contributed by atoms with Crippen molar-refractivity contribution in [2.24, 2.45) is 0 Å². The minimum atomic E-state index is -3.24. The molecule has 1 fully saturated rings. The molecule has 0 saturated carbocycles. The summed E-state index contributed by atoms with van der Waals surface area (Å²) >= 11 is 1.53. The Labute approximate surface area is 301 Å². The molecule has 5 rings (SSSR count). The highest BCUT2D eigenvalue weighted by molar-refractivity contribution is 7.13. The number of nitrogens with zero attached hydrogens (tertiary/aromatic N) is 2. The molecule has 0 spiro atoms. The molecular weight excluding hydrogens is 698 g/mol. The van der Waals surface area contributed by atoms with Crippen LogP contribution in [0.15, 0.2) is 77.0 Å². The smallest absolute Gasteiger partial charge is 0.412 e. The van der Waals surface area contributed by atoms with E-state index in [1.807, 2.05) is 23.6 Å². The number of aromatic nitrogens is 2. The maximum absolute atomic E-state index is 14.2. The lowest BCUT2D eigenvalue weighted by Gasteiger charge is -2.21. The largest absolute Gasteiger partial charge is 0.444 e. The summed E-state index contributed by atoms with van der Waals surface area (Å²) < 4.78 is 39.6. The fourth-order valence-electron chi connectivity index (χ4n) is 5.24. The zero-order chi connectivity index (χ0) is 37.6. The number of amides is 4. The summed E-state index contributed by atoms with van der Waals surface area (Å²) in [7, 11) is 0. The van der Waals surface area contributed by atoms with Crippen LogP contribution in [-0.2, 0) is 25.6 Å². The third-order valence-electron chi connectivity index (χ3n) is 7.63. The maximum atomic E-state index is 14.2. The number of carbonyl (C=O) groups is 4. The fourth-order valence-corrected chi connectivity index (χ4v) is 5.96. The molecule has 4 N–H and O–H groups in total. The van der Waals surface area contributed by atoms with Gasteiger partial charge in [-0.2, -0.15) is 4.98 Å². The Balaban J connectivity index is 1.12. The summed E-state index contributed by atoms with van der Waals surface area (Å²) in [4.78, 5) is 67.5. The highest BCUT2D eigenvalue weighted by Crippen LogP contribution is 2.41. The van der Waals surface area contributed by atoms with Crippen LogP contribution in [0.3, 0.4) is 0 Å². The molecule has 4 amide bonds. The van der Waals surface area contributed by atoms with E-state index in [-0.39, 0.29) is 25.2 Å². The van der Waals surface area contributed by atoms with Crippen LogP contribution >= 0.6 is 11.3 Å². The second-order valence-electron chi connectivity index (χ2n) is 13.1. The topological polar surface area (TPSA) is 170 Å². The van der Waals surface area contributed by atoms with Gasteiger partial charge in [0.15, 0.2) is 0 Å². The van der Waals surface area contributed by atoms with E-state index < -0.39 is 59.8 Å². The van der Waals surface area contributed by atoms with E-state index in [0.29, 0.717) is 27.1 Å². The molecule has 0 aliphatic carbocycles. The van der Waals surface area contributed by atoms with E-state index >= 15 is 0 Å². The summed E-state index contributed by atoms with van der Waals surface area (Å²) in [5.41, 5.74) is 0.877. The predicted molar refractivity (Wildman–Crippen MR) is 191 cm³/mol. The first-order valence-corrected chi connectivity index (χ1v) is 17.2. The highest BCUT2D eigenvalue weighted by Gasteiger charge is 2.50. The van der Waals surface area contributed by atoms with Gasteiger partial charge in [-0.05, 0) is 80.6 Å². The molecule has 1 aliphatic heterocycles. The first kappa shape index (κ1) is 37.8. The normalized spacial score (nSPS) is 16.5. The molecule has 52 heavy (non-hydrogen) atoms. The van der Waals surface area contributed by atoms with Gasteiger partial charge in [-0.1, -0.05) is 24.3 Å². The summed E-state index contributed by atoms with van der Waals surface area (Å²) in [6.45, 7) is 6.85. The molecule has 4 aromatic rings. The lowest BCUT2D eigenvalue weighted by atomic mass is 10.1. The summed E-state index contributed by atoms with van der Waals surface area (Å²) in [6.07, 6.45) is -3.04. The van der Waals surface area contributed by atoms with E-state index in [2.05, 4.69) is 26.3 Å². The first-order chi connectivity index (χ1) is 24.6. The molecule has 13 nitrogen and oxygen atoms in total. The van der Waals surface area contributed by atoms with Crippen molar-refractivity contribution in [3.05, 3.63) is 93.9 Å². The minimum absolute atomic E-state index is 0.126.